The van der Waals surface area contributed by atoms with Crippen LogP contribution in [0.3, 0.4) is 0 Å². The van der Waals surface area contributed by atoms with Crippen molar-refractivity contribution >= 4 is 7.80 Å². The molecule has 1 rings (SSSR count). The fourth-order valence-corrected chi connectivity index (χ4v) is 3.65. The first-order valence-electron chi connectivity index (χ1n) is 5.06. The van der Waals surface area contributed by atoms with Crippen molar-refractivity contribution in [2.45, 2.75) is 38.3 Å². The average molecular weight is 228 g/mol. The van der Waals surface area contributed by atoms with Crippen LogP contribution >= 0.6 is 7.80 Å². The third-order valence-electron chi connectivity index (χ3n) is 2.64. The lowest BCUT2D eigenvalue weighted by atomic mass is 9.91. The lowest BCUT2D eigenvalue weighted by molar-refractivity contribution is -0.106. The molecule has 1 aliphatic rings. The summed E-state index contributed by atoms with van der Waals surface area (Å²) in [4.78, 5) is 0. The van der Waals surface area contributed by atoms with Crippen molar-refractivity contribution in [3.8, 4) is 0 Å². The molecular weight excluding hydrogens is 212 g/mol. The van der Waals surface area contributed by atoms with Gasteiger partial charge in [0.2, 0.25) is 0 Å². The maximum Gasteiger partial charge on any atom is 0.395 e. The molecule has 0 spiro atoms. The first-order valence-corrected chi connectivity index (χ1v) is 6.88. The highest BCUT2D eigenvalue weighted by Gasteiger charge is 2.31. The van der Waals surface area contributed by atoms with Gasteiger partial charge in [-0.3, -0.25) is 0 Å². The molecule has 1 unspecified atom stereocenters. The first kappa shape index (κ1) is 12.1. The third kappa shape index (κ3) is 5.04. The standard InChI is InChI=1S/C9H16F3OP/c10-9(11,12)7-14(13)6-8-4-2-1-3-5-8/h8,14H,1-7H2. The van der Waals surface area contributed by atoms with Crippen LogP contribution < -0.4 is 0 Å². The summed E-state index contributed by atoms with van der Waals surface area (Å²) in [5.74, 6) is 0.289. The van der Waals surface area contributed by atoms with Gasteiger partial charge in [0.15, 0.2) is 0 Å². The fraction of sp³-hybridized carbons (Fsp3) is 1.00. The van der Waals surface area contributed by atoms with Gasteiger partial charge in [0, 0.05) is 6.16 Å². The lowest BCUT2D eigenvalue weighted by Gasteiger charge is -2.21. The Kier molecular flexibility index (Phi) is 4.49. The summed E-state index contributed by atoms with van der Waals surface area (Å²) in [7, 11) is -2.42. The van der Waals surface area contributed by atoms with Crippen molar-refractivity contribution in [2.75, 3.05) is 12.3 Å². The molecule has 0 radical (unpaired) electrons. The maximum atomic E-state index is 11.9. The SMILES string of the molecule is O=[PH](CC1CCCCC1)CC(F)(F)F. The van der Waals surface area contributed by atoms with Crippen LogP contribution in [0.4, 0.5) is 13.2 Å². The van der Waals surface area contributed by atoms with Crippen molar-refractivity contribution in [2.24, 2.45) is 5.92 Å². The zero-order valence-electron chi connectivity index (χ0n) is 8.07. The molecule has 0 aromatic heterocycles. The Balaban J connectivity index is 2.25. The fourth-order valence-electron chi connectivity index (χ4n) is 2.01. The molecule has 0 N–H and O–H groups in total. The molecule has 1 saturated carbocycles. The van der Waals surface area contributed by atoms with E-state index in [0.717, 1.165) is 25.7 Å². The molecule has 84 valence electrons. The van der Waals surface area contributed by atoms with E-state index in [0.29, 0.717) is 6.16 Å². The first-order chi connectivity index (χ1) is 6.47. The van der Waals surface area contributed by atoms with E-state index >= 15 is 0 Å². The highest BCUT2D eigenvalue weighted by molar-refractivity contribution is 7.44. The summed E-state index contributed by atoms with van der Waals surface area (Å²) < 4.78 is 46.8. The second-order valence-electron chi connectivity index (χ2n) is 4.04. The van der Waals surface area contributed by atoms with Gasteiger partial charge in [-0.2, -0.15) is 13.2 Å². The van der Waals surface area contributed by atoms with Crippen molar-refractivity contribution in [1.29, 1.82) is 0 Å². The van der Waals surface area contributed by atoms with Crippen LogP contribution in [0.15, 0.2) is 0 Å². The molecule has 0 aliphatic heterocycles. The Hall–Kier alpha value is 0.0200. The van der Waals surface area contributed by atoms with E-state index in [9.17, 15) is 17.7 Å². The van der Waals surface area contributed by atoms with Crippen LogP contribution in [0.25, 0.3) is 0 Å². The molecule has 1 fully saturated rings. The molecule has 1 nitrogen and oxygen atoms in total. The van der Waals surface area contributed by atoms with E-state index in [1.165, 1.54) is 6.42 Å². The van der Waals surface area contributed by atoms with Crippen LogP contribution in [-0.2, 0) is 4.57 Å². The number of rotatable bonds is 3. The second-order valence-corrected chi connectivity index (χ2v) is 5.88. The van der Waals surface area contributed by atoms with E-state index in [2.05, 4.69) is 0 Å². The van der Waals surface area contributed by atoms with Crippen molar-refractivity contribution in [3.63, 3.8) is 0 Å². The van der Waals surface area contributed by atoms with Gasteiger partial charge in [-0.25, -0.2) is 0 Å². The summed E-state index contributed by atoms with van der Waals surface area (Å²) in [5.41, 5.74) is 0. The van der Waals surface area contributed by atoms with E-state index in [-0.39, 0.29) is 5.92 Å². The van der Waals surface area contributed by atoms with Gasteiger partial charge >= 0.3 is 6.18 Å². The molecule has 0 saturated heterocycles. The summed E-state index contributed by atoms with van der Waals surface area (Å²) in [6, 6.07) is 0. The molecule has 14 heavy (non-hydrogen) atoms. The zero-order chi connectivity index (χ0) is 10.6. The Bertz CT molecular complexity index is 197. The van der Waals surface area contributed by atoms with Crippen LogP contribution in [0, 0.1) is 5.92 Å². The van der Waals surface area contributed by atoms with Gasteiger partial charge in [0.25, 0.3) is 0 Å². The second kappa shape index (κ2) is 5.20. The minimum atomic E-state index is -4.25. The van der Waals surface area contributed by atoms with E-state index < -0.39 is 20.1 Å². The normalized spacial score (nSPS) is 22.2. The highest BCUT2D eigenvalue weighted by Crippen LogP contribution is 2.36. The molecule has 0 aromatic rings. The van der Waals surface area contributed by atoms with Crippen LogP contribution in [-0.4, -0.2) is 18.5 Å². The van der Waals surface area contributed by atoms with Crippen LogP contribution in [0.2, 0.25) is 0 Å². The molecular formula is C9H16F3OP. The Morgan fingerprint density at radius 1 is 1.14 bits per heavy atom. The Morgan fingerprint density at radius 3 is 2.21 bits per heavy atom. The van der Waals surface area contributed by atoms with Crippen molar-refractivity contribution in [1.82, 2.24) is 0 Å². The van der Waals surface area contributed by atoms with Gasteiger partial charge in [0.1, 0.15) is 0 Å². The van der Waals surface area contributed by atoms with Gasteiger partial charge in [0.05, 0.1) is 14.0 Å². The molecule has 5 heteroatoms. The summed E-state index contributed by atoms with van der Waals surface area (Å²) >= 11 is 0. The van der Waals surface area contributed by atoms with Crippen LogP contribution in [0.1, 0.15) is 32.1 Å². The van der Waals surface area contributed by atoms with Crippen molar-refractivity contribution < 1.29 is 17.7 Å². The Morgan fingerprint density at radius 2 is 1.71 bits per heavy atom. The number of halogens is 3. The summed E-state index contributed by atoms with van der Waals surface area (Å²) in [5, 5.41) is 0. The molecule has 0 aromatic carbocycles. The molecule has 0 amide bonds. The summed E-state index contributed by atoms with van der Waals surface area (Å²) in [6.07, 6.45) is 0.292. The van der Waals surface area contributed by atoms with Crippen LogP contribution in [0.5, 0.6) is 0 Å². The maximum absolute atomic E-state index is 11.9. The molecule has 0 heterocycles. The van der Waals surface area contributed by atoms with E-state index in [1.54, 1.807) is 0 Å². The number of hydrogen-bond acceptors (Lipinski definition) is 1. The lowest BCUT2D eigenvalue weighted by Crippen LogP contribution is -2.15. The molecule has 1 aliphatic carbocycles. The van der Waals surface area contributed by atoms with Crippen molar-refractivity contribution in [3.05, 3.63) is 0 Å². The molecule has 0 bridgehead atoms. The quantitative estimate of drug-likeness (QED) is 0.673. The van der Waals surface area contributed by atoms with Gasteiger partial charge in [-0.1, -0.05) is 32.1 Å². The Labute approximate surface area is 82.9 Å². The van der Waals surface area contributed by atoms with E-state index in [4.69, 9.17) is 0 Å². The monoisotopic (exact) mass is 228 g/mol. The topological polar surface area (TPSA) is 17.1 Å². The minimum Gasteiger partial charge on any atom is -0.326 e. The zero-order valence-corrected chi connectivity index (χ0v) is 9.07. The molecule has 1 atom stereocenters. The predicted molar refractivity (Wildman–Crippen MR) is 51.4 cm³/mol. The number of hydrogen-bond donors (Lipinski definition) is 0. The van der Waals surface area contributed by atoms with E-state index in [1.807, 2.05) is 0 Å². The largest absolute Gasteiger partial charge is 0.395 e. The van der Waals surface area contributed by atoms with Gasteiger partial charge < -0.3 is 4.57 Å². The minimum absolute atomic E-state index is 0.289. The summed E-state index contributed by atoms with van der Waals surface area (Å²) in [6.45, 7) is 0. The third-order valence-corrected chi connectivity index (χ3v) is 4.47. The average Bonchev–Trinajstić information content (AvgIpc) is 2.02. The van der Waals surface area contributed by atoms with Gasteiger partial charge in [-0.15, -0.1) is 0 Å². The predicted octanol–water partition coefficient (Wildman–Crippen LogP) is 3.69. The number of alkyl halides is 3. The van der Waals surface area contributed by atoms with Gasteiger partial charge in [-0.05, 0) is 5.92 Å². The smallest absolute Gasteiger partial charge is 0.326 e. The highest BCUT2D eigenvalue weighted by atomic mass is 31.1.